The molecule has 2 heteroatoms. The van der Waals surface area contributed by atoms with Crippen LogP contribution in [0, 0.1) is 13.8 Å². The van der Waals surface area contributed by atoms with E-state index in [2.05, 4.69) is 6.07 Å². The van der Waals surface area contributed by atoms with Gasteiger partial charge in [-0.25, -0.2) is 0 Å². The molecule has 0 bridgehead atoms. The Kier molecular flexibility index (Phi) is 4.24. The van der Waals surface area contributed by atoms with Crippen molar-refractivity contribution in [2.75, 3.05) is 0 Å². The van der Waals surface area contributed by atoms with Gasteiger partial charge in [0.2, 0.25) is 0 Å². The molecular formula is C21H18O2. The maximum absolute atomic E-state index is 11.3. The van der Waals surface area contributed by atoms with Crippen LogP contribution in [0.25, 0.3) is 11.1 Å². The molecule has 114 valence electrons. The Morgan fingerprint density at radius 3 is 2.26 bits per heavy atom. The van der Waals surface area contributed by atoms with Crippen LogP contribution < -0.4 is 4.74 Å². The summed E-state index contributed by atoms with van der Waals surface area (Å²) in [4.78, 5) is 11.3. The Hall–Kier alpha value is -2.87. The van der Waals surface area contributed by atoms with Gasteiger partial charge in [0.15, 0.2) is 6.29 Å². The maximum atomic E-state index is 11.3. The van der Waals surface area contributed by atoms with Gasteiger partial charge in [0.1, 0.15) is 11.5 Å². The van der Waals surface area contributed by atoms with Crippen molar-refractivity contribution in [2.24, 2.45) is 0 Å². The minimum absolute atomic E-state index is 0.657. The Bertz CT molecular complexity index is 850. The highest BCUT2D eigenvalue weighted by molar-refractivity contribution is 5.89. The lowest BCUT2D eigenvalue weighted by atomic mass is 9.99. The van der Waals surface area contributed by atoms with Crippen molar-refractivity contribution in [1.29, 1.82) is 0 Å². The first-order valence-electron chi connectivity index (χ1n) is 7.58. The van der Waals surface area contributed by atoms with Crippen molar-refractivity contribution in [3.8, 4) is 22.6 Å². The lowest BCUT2D eigenvalue weighted by Gasteiger charge is -2.14. The van der Waals surface area contributed by atoms with E-state index in [1.807, 2.05) is 74.5 Å². The number of carbonyl (C=O) groups excluding carboxylic acids is 1. The second-order valence-electron chi connectivity index (χ2n) is 5.57. The normalized spacial score (nSPS) is 10.3. The quantitative estimate of drug-likeness (QED) is 0.588. The molecule has 0 heterocycles. The average Bonchev–Trinajstić information content (AvgIpc) is 2.58. The van der Waals surface area contributed by atoms with Crippen molar-refractivity contribution in [3.63, 3.8) is 0 Å². The fourth-order valence-corrected chi connectivity index (χ4v) is 2.56. The number of hydrogen-bond donors (Lipinski definition) is 0. The molecule has 0 unspecified atom stereocenters. The van der Waals surface area contributed by atoms with Gasteiger partial charge in [0, 0.05) is 11.1 Å². The van der Waals surface area contributed by atoms with E-state index in [4.69, 9.17) is 4.74 Å². The van der Waals surface area contributed by atoms with Crippen LogP contribution in [-0.4, -0.2) is 6.29 Å². The number of carbonyl (C=O) groups is 1. The summed E-state index contributed by atoms with van der Waals surface area (Å²) in [5, 5.41) is 0. The zero-order valence-electron chi connectivity index (χ0n) is 13.2. The van der Waals surface area contributed by atoms with Gasteiger partial charge in [-0.3, -0.25) is 4.79 Å². The molecule has 0 aliphatic carbocycles. The Labute approximate surface area is 136 Å². The Morgan fingerprint density at radius 2 is 1.48 bits per heavy atom. The van der Waals surface area contributed by atoms with Gasteiger partial charge in [0.25, 0.3) is 0 Å². The van der Waals surface area contributed by atoms with Crippen molar-refractivity contribution in [3.05, 3.63) is 83.4 Å². The highest BCUT2D eigenvalue weighted by atomic mass is 16.5. The van der Waals surface area contributed by atoms with E-state index in [1.165, 1.54) is 0 Å². The van der Waals surface area contributed by atoms with Crippen molar-refractivity contribution in [2.45, 2.75) is 13.8 Å². The molecule has 0 aliphatic heterocycles. The highest BCUT2D eigenvalue weighted by Crippen LogP contribution is 2.35. The number of hydrogen-bond acceptors (Lipinski definition) is 2. The first-order valence-corrected chi connectivity index (χ1v) is 7.58. The monoisotopic (exact) mass is 302 g/mol. The van der Waals surface area contributed by atoms with Crippen LogP contribution in [0.4, 0.5) is 0 Å². The number of aldehydes is 1. The van der Waals surface area contributed by atoms with E-state index < -0.39 is 0 Å². The summed E-state index contributed by atoms with van der Waals surface area (Å²) in [6.45, 7) is 4.07. The highest BCUT2D eigenvalue weighted by Gasteiger charge is 2.11. The van der Waals surface area contributed by atoms with E-state index in [0.29, 0.717) is 5.56 Å². The van der Waals surface area contributed by atoms with Crippen molar-refractivity contribution >= 4 is 6.29 Å². The predicted molar refractivity (Wildman–Crippen MR) is 93.3 cm³/mol. The second-order valence-corrected chi connectivity index (χ2v) is 5.57. The molecule has 0 N–H and O–H groups in total. The Balaban J connectivity index is 2.08. The molecule has 0 saturated carbocycles. The van der Waals surface area contributed by atoms with Crippen molar-refractivity contribution in [1.82, 2.24) is 0 Å². The summed E-state index contributed by atoms with van der Waals surface area (Å²) in [5.74, 6) is 1.58. The van der Waals surface area contributed by atoms with E-state index in [0.717, 1.165) is 40.0 Å². The van der Waals surface area contributed by atoms with Crippen LogP contribution in [0.1, 0.15) is 21.5 Å². The number of rotatable bonds is 4. The van der Waals surface area contributed by atoms with E-state index in [1.54, 1.807) is 0 Å². The first kappa shape index (κ1) is 15.0. The molecule has 0 radical (unpaired) electrons. The fraction of sp³-hybridized carbons (Fsp3) is 0.0952. The largest absolute Gasteiger partial charge is 0.456 e. The van der Waals surface area contributed by atoms with E-state index in [9.17, 15) is 4.79 Å². The molecule has 3 aromatic carbocycles. The van der Waals surface area contributed by atoms with Gasteiger partial charge >= 0.3 is 0 Å². The number of aryl methyl sites for hydroxylation is 2. The minimum atomic E-state index is 0.657. The molecule has 0 amide bonds. The molecule has 0 aliphatic rings. The second kappa shape index (κ2) is 6.49. The van der Waals surface area contributed by atoms with Crippen LogP contribution >= 0.6 is 0 Å². The first-order chi connectivity index (χ1) is 11.2. The topological polar surface area (TPSA) is 26.3 Å². The molecule has 3 rings (SSSR count). The van der Waals surface area contributed by atoms with E-state index >= 15 is 0 Å². The van der Waals surface area contributed by atoms with Gasteiger partial charge in [-0.15, -0.1) is 0 Å². The number of ether oxygens (including phenoxy) is 1. The summed E-state index contributed by atoms with van der Waals surface area (Å²) in [7, 11) is 0. The molecule has 0 saturated heterocycles. The number of benzene rings is 3. The molecule has 23 heavy (non-hydrogen) atoms. The summed E-state index contributed by atoms with van der Waals surface area (Å²) >= 11 is 0. The summed E-state index contributed by atoms with van der Waals surface area (Å²) < 4.78 is 6.16. The lowest BCUT2D eigenvalue weighted by Crippen LogP contribution is -1.93. The molecule has 0 spiro atoms. The van der Waals surface area contributed by atoms with Gasteiger partial charge in [-0.05, 0) is 42.7 Å². The molecule has 0 aromatic heterocycles. The Morgan fingerprint density at radius 1 is 0.783 bits per heavy atom. The van der Waals surface area contributed by atoms with Crippen LogP contribution in [0.5, 0.6) is 11.5 Å². The number of para-hydroxylation sites is 1. The zero-order chi connectivity index (χ0) is 16.2. The predicted octanol–water partition coefficient (Wildman–Crippen LogP) is 5.58. The van der Waals surface area contributed by atoms with Crippen LogP contribution in [-0.2, 0) is 0 Å². The van der Waals surface area contributed by atoms with Gasteiger partial charge < -0.3 is 4.74 Å². The third-order valence-electron chi connectivity index (χ3n) is 3.83. The summed E-state index contributed by atoms with van der Waals surface area (Å²) in [6, 6.07) is 21.5. The third-order valence-corrected chi connectivity index (χ3v) is 3.83. The molecule has 3 aromatic rings. The molecule has 0 fully saturated rings. The van der Waals surface area contributed by atoms with Gasteiger partial charge in [-0.1, -0.05) is 54.6 Å². The lowest BCUT2D eigenvalue weighted by molar-refractivity contribution is 0.112. The van der Waals surface area contributed by atoms with Crippen LogP contribution in [0.3, 0.4) is 0 Å². The maximum Gasteiger partial charge on any atom is 0.150 e. The summed E-state index contributed by atoms with van der Waals surface area (Å²) in [5.41, 5.74) is 4.68. The minimum Gasteiger partial charge on any atom is -0.456 e. The van der Waals surface area contributed by atoms with Crippen LogP contribution in [0.15, 0.2) is 66.7 Å². The summed E-state index contributed by atoms with van der Waals surface area (Å²) in [6.07, 6.45) is 0.879. The van der Waals surface area contributed by atoms with E-state index in [-0.39, 0.29) is 0 Å². The fourth-order valence-electron chi connectivity index (χ4n) is 2.56. The van der Waals surface area contributed by atoms with Crippen LogP contribution in [0.2, 0.25) is 0 Å². The van der Waals surface area contributed by atoms with Crippen molar-refractivity contribution < 1.29 is 9.53 Å². The zero-order valence-corrected chi connectivity index (χ0v) is 13.2. The third kappa shape index (κ3) is 3.16. The smallest absolute Gasteiger partial charge is 0.150 e. The SMILES string of the molecule is Cc1ccc(C)c(Oc2ccccc2-c2ccccc2C=O)c1. The molecular weight excluding hydrogens is 284 g/mol. The van der Waals surface area contributed by atoms with Gasteiger partial charge in [-0.2, -0.15) is 0 Å². The average molecular weight is 302 g/mol. The van der Waals surface area contributed by atoms with Gasteiger partial charge in [0.05, 0.1) is 0 Å². The molecule has 2 nitrogen and oxygen atoms in total. The standard InChI is InChI=1S/C21H18O2/c1-15-11-12-16(2)21(13-15)23-20-10-6-5-9-19(20)18-8-4-3-7-17(18)14-22/h3-14H,1-2H3. The molecule has 0 atom stereocenters.